The zero-order valence-corrected chi connectivity index (χ0v) is 11.3. The molecule has 0 radical (unpaired) electrons. The summed E-state index contributed by atoms with van der Waals surface area (Å²) >= 11 is 0. The van der Waals surface area contributed by atoms with Gasteiger partial charge in [0.1, 0.15) is 11.5 Å². The van der Waals surface area contributed by atoms with Gasteiger partial charge in [0.05, 0.1) is 12.4 Å². The third-order valence-electron chi connectivity index (χ3n) is 3.26. The van der Waals surface area contributed by atoms with Crippen LogP contribution < -0.4 is 10.2 Å². The summed E-state index contributed by atoms with van der Waals surface area (Å²) in [5, 5.41) is 2.68. The average molecular weight is 260 g/mol. The highest BCUT2D eigenvalue weighted by molar-refractivity contribution is 5.92. The molecule has 1 aliphatic rings. The van der Waals surface area contributed by atoms with E-state index in [0.29, 0.717) is 18.2 Å². The Balaban J connectivity index is 2.01. The number of anilines is 1. The topological polar surface area (TPSA) is 58.1 Å². The van der Waals surface area contributed by atoms with Crippen LogP contribution in [0, 0.1) is 5.92 Å². The summed E-state index contributed by atoms with van der Waals surface area (Å²) in [6.45, 7) is 8.26. The van der Waals surface area contributed by atoms with Crippen LogP contribution in [0.15, 0.2) is 25.0 Å². The molecule has 5 nitrogen and oxygen atoms in total. The molecule has 0 aliphatic carbocycles. The molecule has 2 heterocycles. The third-order valence-corrected chi connectivity index (χ3v) is 3.26. The van der Waals surface area contributed by atoms with Crippen molar-refractivity contribution in [2.75, 3.05) is 24.5 Å². The summed E-state index contributed by atoms with van der Waals surface area (Å²) in [7, 11) is 0. The molecule has 1 aliphatic heterocycles. The Hall–Kier alpha value is -1.91. The van der Waals surface area contributed by atoms with Crippen molar-refractivity contribution in [2.45, 2.75) is 19.8 Å². The highest BCUT2D eigenvalue weighted by atomic mass is 16.1. The Morgan fingerprint density at radius 1 is 1.58 bits per heavy atom. The maximum Gasteiger partial charge on any atom is 0.271 e. The lowest BCUT2D eigenvalue weighted by molar-refractivity contribution is 0.0952. The molecule has 102 valence electrons. The second kappa shape index (κ2) is 6.31. The number of carbonyl (C=O) groups excluding carboxylic acids is 1. The number of amides is 1. The summed E-state index contributed by atoms with van der Waals surface area (Å²) in [6.07, 6.45) is 7.30. The predicted octanol–water partition coefficient (Wildman–Crippen LogP) is 1.63. The molecular formula is C14H20N4O. The molecule has 1 fully saturated rings. The van der Waals surface area contributed by atoms with Crippen molar-refractivity contribution in [3.8, 4) is 0 Å². The van der Waals surface area contributed by atoms with Crippen LogP contribution in [0.1, 0.15) is 30.3 Å². The van der Waals surface area contributed by atoms with Gasteiger partial charge in [-0.1, -0.05) is 13.0 Å². The molecule has 1 unspecified atom stereocenters. The minimum absolute atomic E-state index is 0.217. The lowest BCUT2D eigenvalue weighted by atomic mass is 10.0. The fourth-order valence-corrected chi connectivity index (χ4v) is 2.25. The second-order valence-corrected chi connectivity index (χ2v) is 4.95. The van der Waals surface area contributed by atoms with Gasteiger partial charge in [0, 0.05) is 19.6 Å². The maximum atomic E-state index is 11.7. The van der Waals surface area contributed by atoms with Crippen LogP contribution in [0.25, 0.3) is 0 Å². The Morgan fingerprint density at radius 3 is 3.05 bits per heavy atom. The summed E-state index contributed by atoms with van der Waals surface area (Å²) in [6, 6.07) is 0. The van der Waals surface area contributed by atoms with E-state index in [0.717, 1.165) is 18.9 Å². The fourth-order valence-electron chi connectivity index (χ4n) is 2.25. The van der Waals surface area contributed by atoms with E-state index in [1.54, 1.807) is 12.3 Å². The van der Waals surface area contributed by atoms with Crippen LogP contribution in [0.4, 0.5) is 5.82 Å². The predicted molar refractivity (Wildman–Crippen MR) is 75.2 cm³/mol. The number of rotatable bonds is 4. The first-order chi connectivity index (χ1) is 9.20. The molecule has 0 aromatic carbocycles. The van der Waals surface area contributed by atoms with Crippen molar-refractivity contribution in [2.24, 2.45) is 5.92 Å². The van der Waals surface area contributed by atoms with Crippen molar-refractivity contribution in [1.82, 2.24) is 15.3 Å². The number of nitrogens with zero attached hydrogens (tertiary/aromatic N) is 3. The first kappa shape index (κ1) is 13.5. The minimum atomic E-state index is -0.217. The van der Waals surface area contributed by atoms with Crippen LogP contribution >= 0.6 is 0 Å². The number of piperidine rings is 1. The SMILES string of the molecule is C=CCNC(=O)c1cnc(N2CCCC(C)C2)cn1. The van der Waals surface area contributed by atoms with E-state index in [-0.39, 0.29) is 5.91 Å². The van der Waals surface area contributed by atoms with Crippen LogP contribution in [-0.4, -0.2) is 35.5 Å². The van der Waals surface area contributed by atoms with Crippen molar-refractivity contribution < 1.29 is 4.79 Å². The number of hydrogen-bond acceptors (Lipinski definition) is 4. The first-order valence-corrected chi connectivity index (χ1v) is 6.67. The summed E-state index contributed by atoms with van der Waals surface area (Å²) in [4.78, 5) is 22.4. The van der Waals surface area contributed by atoms with Gasteiger partial charge in [-0.3, -0.25) is 4.79 Å². The molecule has 5 heteroatoms. The number of nitrogens with one attached hydrogen (secondary N) is 1. The monoisotopic (exact) mass is 260 g/mol. The van der Waals surface area contributed by atoms with E-state index >= 15 is 0 Å². The molecule has 1 aromatic rings. The summed E-state index contributed by atoms with van der Waals surface area (Å²) in [5.74, 6) is 1.32. The normalized spacial score (nSPS) is 19.0. The molecule has 1 aromatic heterocycles. The summed E-state index contributed by atoms with van der Waals surface area (Å²) < 4.78 is 0. The molecule has 1 saturated heterocycles. The molecule has 2 rings (SSSR count). The van der Waals surface area contributed by atoms with Crippen molar-refractivity contribution in [1.29, 1.82) is 0 Å². The van der Waals surface area contributed by atoms with Crippen molar-refractivity contribution in [3.63, 3.8) is 0 Å². The zero-order valence-electron chi connectivity index (χ0n) is 11.3. The van der Waals surface area contributed by atoms with Gasteiger partial charge in [0.2, 0.25) is 0 Å². The van der Waals surface area contributed by atoms with Gasteiger partial charge < -0.3 is 10.2 Å². The molecule has 0 saturated carbocycles. The molecule has 1 atom stereocenters. The van der Waals surface area contributed by atoms with Gasteiger partial charge in [-0.05, 0) is 18.8 Å². The summed E-state index contributed by atoms with van der Waals surface area (Å²) in [5.41, 5.74) is 0.343. The van der Waals surface area contributed by atoms with E-state index in [2.05, 4.69) is 33.7 Å². The Morgan fingerprint density at radius 2 is 2.42 bits per heavy atom. The van der Waals surface area contributed by atoms with Gasteiger partial charge in [-0.15, -0.1) is 6.58 Å². The molecule has 1 amide bonds. The Labute approximate surface area is 113 Å². The van der Waals surface area contributed by atoms with E-state index in [1.165, 1.54) is 19.0 Å². The lowest BCUT2D eigenvalue weighted by Gasteiger charge is -2.31. The number of carbonyl (C=O) groups is 1. The molecule has 19 heavy (non-hydrogen) atoms. The van der Waals surface area contributed by atoms with Gasteiger partial charge in [0.15, 0.2) is 0 Å². The van der Waals surface area contributed by atoms with Gasteiger partial charge in [-0.25, -0.2) is 9.97 Å². The Kier molecular flexibility index (Phi) is 4.49. The van der Waals surface area contributed by atoms with E-state index in [4.69, 9.17) is 0 Å². The number of aromatic nitrogens is 2. The lowest BCUT2D eigenvalue weighted by Crippen LogP contribution is -2.35. The fraction of sp³-hybridized carbons (Fsp3) is 0.500. The van der Waals surface area contributed by atoms with Crippen LogP contribution in [0.2, 0.25) is 0 Å². The largest absolute Gasteiger partial charge is 0.355 e. The van der Waals surface area contributed by atoms with Gasteiger partial charge in [-0.2, -0.15) is 0 Å². The van der Waals surface area contributed by atoms with Crippen LogP contribution in [0.3, 0.4) is 0 Å². The molecular weight excluding hydrogens is 240 g/mol. The Bertz CT molecular complexity index is 443. The first-order valence-electron chi connectivity index (χ1n) is 6.67. The van der Waals surface area contributed by atoms with Gasteiger partial charge in [0.25, 0.3) is 5.91 Å². The van der Waals surface area contributed by atoms with Crippen LogP contribution in [-0.2, 0) is 0 Å². The van der Waals surface area contributed by atoms with Crippen molar-refractivity contribution in [3.05, 3.63) is 30.7 Å². The highest BCUT2D eigenvalue weighted by Gasteiger charge is 2.18. The highest BCUT2D eigenvalue weighted by Crippen LogP contribution is 2.20. The van der Waals surface area contributed by atoms with Gasteiger partial charge >= 0.3 is 0 Å². The van der Waals surface area contributed by atoms with Crippen LogP contribution in [0.5, 0.6) is 0 Å². The second-order valence-electron chi connectivity index (χ2n) is 4.95. The zero-order chi connectivity index (χ0) is 13.7. The van der Waals surface area contributed by atoms with E-state index in [9.17, 15) is 4.79 Å². The van der Waals surface area contributed by atoms with Crippen molar-refractivity contribution >= 4 is 11.7 Å². The molecule has 1 N–H and O–H groups in total. The molecule has 0 spiro atoms. The van der Waals surface area contributed by atoms with E-state index < -0.39 is 0 Å². The average Bonchev–Trinajstić information content (AvgIpc) is 2.45. The maximum absolute atomic E-state index is 11.7. The van der Waals surface area contributed by atoms with E-state index in [1.807, 2.05) is 0 Å². The quantitative estimate of drug-likeness (QED) is 0.836. The number of hydrogen-bond donors (Lipinski definition) is 1. The smallest absolute Gasteiger partial charge is 0.271 e. The standard InChI is InChI=1S/C14H20N4O/c1-3-6-15-14(19)12-8-17-13(9-16-12)18-7-4-5-11(2)10-18/h3,8-9,11H,1,4-7,10H2,2H3,(H,15,19). The third kappa shape index (κ3) is 3.53. The minimum Gasteiger partial charge on any atom is -0.355 e. The molecule has 0 bridgehead atoms.